The molecule has 0 bridgehead atoms. The number of anilines is 1. The summed E-state index contributed by atoms with van der Waals surface area (Å²) in [5, 5.41) is 3.80. The van der Waals surface area contributed by atoms with Crippen LogP contribution >= 0.6 is 22.7 Å². The Morgan fingerprint density at radius 3 is 2.24 bits per heavy atom. The number of carbonyl (C=O) groups is 2. The largest absolute Gasteiger partial charge is 0.338 e. The predicted molar refractivity (Wildman–Crippen MR) is 132 cm³/mol. The van der Waals surface area contributed by atoms with E-state index in [4.69, 9.17) is 4.98 Å². The van der Waals surface area contributed by atoms with Gasteiger partial charge in [-0.3, -0.25) is 9.59 Å². The average molecular weight is 498 g/mol. The lowest BCUT2D eigenvalue weighted by molar-refractivity contribution is 0.0716. The van der Waals surface area contributed by atoms with Gasteiger partial charge in [-0.15, -0.1) is 22.7 Å². The van der Waals surface area contributed by atoms with Gasteiger partial charge in [-0.2, -0.15) is 0 Å². The average Bonchev–Trinajstić information content (AvgIpc) is 3.50. The van der Waals surface area contributed by atoms with Crippen LogP contribution in [0.4, 0.5) is 5.95 Å². The molecule has 3 aromatic rings. The summed E-state index contributed by atoms with van der Waals surface area (Å²) in [6.45, 7) is 7.89. The zero-order valence-electron chi connectivity index (χ0n) is 19.3. The SMILES string of the molecule is Cc1nc(C)c(C(=O)N2CCC(c3nc(C(=O)N4CCN(c5ncccn5)CC4)cs3)CC2)s1. The van der Waals surface area contributed by atoms with E-state index in [1.165, 1.54) is 11.3 Å². The van der Waals surface area contributed by atoms with Crippen molar-refractivity contribution >= 4 is 40.4 Å². The van der Waals surface area contributed by atoms with Crippen LogP contribution in [0.1, 0.15) is 54.6 Å². The number of piperidine rings is 1. The summed E-state index contributed by atoms with van der Waals surface area (Å²) in [6, 6.07) is 1.80. The van der Waals surface area contributed by atoms with Crippen LogP contribution in [0.3, 0.4) is 0 Å². The normalized spacial score (nSPS) is 17.3. The number of carbonyl (C=O) groups excluding carboxylic acids is 2. The lowest BCUT2D eigenvalue weighted by Crippen LogP contribution is -2.49. The van der Waals surface area contributed by atoms with Crippen molar-refractivity contribution < 1.29 is 9.59 Å². The highest BCUT2D eigenvalue weighted by Crippen LogP contribution is 2.32. The molecule has 0 N–H and O–H groups in total. The van der Waals surface area contributed by atoms with E-state index in [0.717, 1.165) is 33.4 Å². The quantitative estimate of drug-likeness (QED) is 0.547. The monoisotopic (exact) mass is 497 g/mol. The maximum Gasteiger partial charge on any atom is 0.273 e. The van der Waals surface area contributed by atoms with Gasteiger partial charge in [-0.05, 0) is 32.8 Å². The molecule has 0 aromatic carbocycles. The molecule has 5 heterocycles. The number of aryl methyl sites for hydroxylation is 2. The van der Waals surface area contributed by atoms with Gasteiger partial charge in [-0.1, -0.05) is 0 Å². The molecular formula is C23H27N7O2S2. The highest BCUT2D eigenvalue weighted by molar-refractivity contribution is 7.13. The van der Waals surface area contributed by atoms with Gasteiger partial charge >= 0.3 is 0 Å². The zero-order valence-corrected chi connectivity index (χ0v) is 20.9. The number of nitrogens with zero attached hydrogens (tertiary/aromatic N) is 7. The van der Waals surface area contributed by atoms with Crippen LogP contribution in [0.15, 0.2) is 23.8 Å². The number of hydrogen-bond acceptors (Lipinski definition) is 9. The number of hydrogen-bond donors (Lipinski definition) is 0. The Morgan fingerprint density at radius 2 is 1.59 bits per heavy atom. The Kier molecular flexibility index (Phi) is 6.55. The minimum Gasteiger partial charge on any atom is -0.338 e. The molecule has 0 saturated carbocycles. The predicted octanol–water partition coefficient (Wildman–Crippen LogP) is 2.99. The Labute approximate surface area is 206 Å². The molecule has 0 radical (unpaired) electrons. The van der Waals surface area contributed by atoms with Crippen molar-refractivity contribution in [3.05, 3.63) is 50.1 Å². The highest BCUT2D eigenvalue weighted by atomic mass is 32.1. The van der Waals surface area contributed by atoms with Gasteiger partial charge in [0, 0.05) is 63.0 Å². The van der Waals surface area contributed by atoms with E-state index in [9.17, 15) is 9.59 Å². The van der Waals surface area contributed by atoms with E-state index in [1.54, 1.807) is 29.8 Å². The smallest absolute Gasteiger partial charge is 0.273 e. The van der Waals surface area contributed by atoms with E-state index in [1.807, 2.05) is 29.0 Å². The third-order valence-corrected chi connectivity index (χ3v) is 8.44. The van der Waals surface area contributed by atoms with Crippen molar-refractivity contribution in [1.82, 2.24) is 29.7 Å². The molecule has 2 fully saturated rings. The van der Waals surface area contributed by atoms with Crippen LogP contribution in [0.2, 0.25) is 0 Å². The number of thiazole rings is 2. The van der Waals surface area contributed by atoms with Gasteiger partial charge in [0.15, 0.2) is 0 Å². The molecule has 2 amide bonds. The van der Waals surface area contributed by atoms with E-state index in [2.05, 4.69) is 19.9 Å². The van der Waals surface area contributed by atoms with E-state index >= 15 is 0 Å². The Bertz CT molecular complexity index is 1160. The third-order valence-electron chi connectivity index (χ3n) is 6.37. The molecule has 0 aliphatic carbocycles. The summed E-state index contributed by atoms with van der Waals surface area (Å²) in [6.07, 6.45) is 5.19. The van der Waals surface area contributed by atoms with Crippen LogP contribution in [0.5, 0.6) is 0 Å². The highest BCUT2D eigenvalue weighted by Gasteiger charge is 2.30. The molecule has 2 aliphatic heterocycles. The second-order valence-corrected chi connectivity index (χ2v) is 10.7. The fourth-order valence-electron chi connectivity index (χ4n) is 4.50. The number of amides is 2. The minimum atomic E-state index is -0.0141. The summed E-state index contributed by atoms with van der Waals surface area (Å²) in [5.74, 6) is 1.05. The van der Waals surface area contributed by atoms with Gasteiger partial charge < -0.3 is 14.7 Å². The van der Waals surface area contributed by atoms with Crippen LogP contribution in [0, 0.1) is 13.8 Å². The molecule has 178 valence electrons. The molecule has 9 nitrogen and oxygen atoms in total. The fraction of sp³-hybridized carbons (Fsp3) is 0.478. The summed E-state index contributed by atoms with van der Waals surface area (Å²) in [5.41, 5.74) is 1.34. The summed E-state index contributed by atoms with van der Waals surface area (Å²) in [4.78, 5) is 50.2. The van der Waals surface area contributed by atoms with Crippen LogP contribution in [0.25, 0.3) is 0 Å². The van der Waals surface area contributed by atoms with Gasteiger partial charge in [-0.25, -0.2) is 19.9 Å². The molecular weight excluding hydrogens is 470 g/mol. The number of piperazine rings is 1. The molecule has 0 spiro atoms. The zero-order chi connectivity index (χ0) is 23.7. The molecule has 3 aromatic heterocycles. The molecule has 2 saturated heterocycles. The first-order valence-corrected chi connectivity index (χ1v) is 13.2. The first-order chi connectivity index (χ1) is 16.5. The lowest BCUT2D eigenvalue weighted by Gasteiger charge is -2.34. The van der Waals surface area contributed by atoms with Crippen molar-refractivity contribution in [2.24, 2.45) is 0 Å². The lowest BCUT2D eigenvalue weighted by atomic mass is 9.97. The van der Waals surface area contributed by atoms with Crippen molar-refractivity contribution in [3.63, 3.8) is 0 Å². The van der Waals surface area contributed by atoms with Gasteiger partial charge in [0.25, 0.3) is 11.8 Å². The van der Waals surface area contributed by atoms with Gasteiger partial charge in [0.1, 0.15) is 10.6 Å². The van der Waals surface area contributed by atoms with Crippen LogP contribution in [-0.4, -0.2) is 80.8 Å². The topological polar surface area (TPSA) is 95.4 Å². The molecule has 0 atom stereocenters. The Balaban J connectivity index is 1.15. The summed E-state index contributed by atoms with van der Waals surface area (Å²) >= 11 is 3.02. The summed E-state index contributed by atoms with van der Waals surface area (Å²) in [7, 11) is 0. The van der Waals surface area contributed by atoms with E-state index in [-0.39, 0.29) is 17.7 Å². The van der Waals surface area contributed by atoms with Crippen molar-refractivity contribution in [1.29, 1.82) is 0 Å². The molecule has 34 heavy (non-hydrogen) atoms. The Hall–Kier alpha value is -2.92. The van der Waals surface area contributed by atoms with Gasteiger partial charge in [0.05, 0.1) is 15.7 Å². The van der Waals surface area contributed by atoms with Gasteiger partial charge in [0.2, 0.25) is 5.95 Å². The van der Waals surface area contributed by atoms with Crippen molar-refractivity contribution in [3.8, 4) is 0 Å². The minimum absolute atomic E-state index is 0.0141. The van der Waals surface area contributed by atoms with Crippen LogP contribution < -0.4 is 4.90 Å². The first kappa shape index (κ1) is 22.9. The Morgan fingerprint density at radius 1 is 0.912 bits per heavy atom. The molecule has 5 rings (SSSR count). The maximum absolute atomic E-state index is 13.0. The van der Waals surface area contributed by atoms with E-state index in [0.29, 0.717) is 50.9 Å². The number of likely N-dealkylation sites (tertiary alicyclic amines) is 1. The third kappa shape index (κ3) is 4.67. The number of aromatic nitrogens is 4. The molecule has 11 heteroatoms. The molecule has 0 unspecified atom stereocenters. The molecule has 2 aliphatic rings. The maximum atomic E-state index is 13.0. The first-order valence-electron chi connectivity index (χ1n) is 11.5. The van der Waals surface area contributed by atoms with E-state index < -0.39 is 0 Å². The number of rotatable bonds is 4. The second-order valence-electron chi connectivity index (χ2n) is 8.61. The standard InChI is InChI=1S/C23H27N7O2S2/c1-15-19(34-16(2)26-15)22(32)28-8-4-17(5-9-28)20-27-18(14-33-20)21(31)29-10-12-30(13-11-29)23-24-6-3-7-25-23/h3,6-7,14,17H,4-5,8-13H2,1-2H3. The summed E-state index contributed by atoms with van der Waals surface area (Å²) < 4.78 is 0. The van der Waals surface area contributed by atoms with Crippen LogP contribution in [-0.2, 0) is 0 Å². The fourth-order valence-corrected chi connectivity index (χ4v) is 6.36. The second kappa shape index (κ2) is 9.75. The van der Waals surface area contributed by atoms with Crippen molar-refractivity contribution in [2.45, 2.75) is 32.6 Å². The van der Waals surface area contributed by atoms with Crippen molar-refractivity contribution in [2.75, 3.05) is 44.2 Å².